The molecular formula is C26H29N3O3. The molecule has 166 valence electrons. The zero-order valence-electron chi connectivity index (χ0n) is 18.8. The summed E-state index contributed by atoms with van der Waals surface area (Å²) in [5.74, 6) is -0.173. The van der Waals surface area contributed by atoms with E-state index in [1.54, 1.807) is 6.21 Å². The van der Waals surface area contributed by atoms with Crippen molar-refractivity contribution in [3.05, 3.63) is 71.3 Å². The Labute approximate surface area is 188 Å². The minimum atomic E-state index is -0.490. The molecule has 0 aliphatic carbocycles. The smallest absolute Gasteiger partial charge is 0.249 e. The van der Waals surface area contributed by atoms with E-state index < -0.39 is 11.8 Å². The van der Waals surface area contributed by atoms with Gasteiger partial charge < -0.3 is 10.1 Å². The number of amides is 2. The number of fused-ring (bicyclic) bond motifs is 1. The summed E-state index contributed by atoms with van der Waals surface area (Å²) in [5, 5.41) is 8.85. The number of ether oxygens (including phenoxy) is 1. The molecule has 0 heterocycles. The molecule has 0 saturated heterocycles. The fraction of sp³-hybridized carbons (Fsp3) is 0.269. The SMILES string of the molecule is CCCCOc1ccc2ccccc2c1C=NNC(=O)CC(=O)Nc1ccc(C)c(C)c1. The normalized spacial score (nSPS) is 11.0. The fourth-order valence-corrected chi connectivity index (χ4v) is 3.24. The van der Waals surface area contributed by atoms with Crippen molar-refractivity contribution in [2.75, 3.05) is 11.9 Å². The Morgan fingerprint density at radius 3 is 2.59 bits per heavy atom. The second-order valence-electron chi connectivity index (χ2n) is 7.72. The van der Waals surface area contributed by atoms with Crippen molar-refractivity contribution >= 4 is 34.5 Å². The van der Waals surface area contributed by atoms with E-state index in [0.29, 0.717) is 18.0 Å². The topological polar surface area (TPSA) is 79.8 Å². The third-order valence-corrected chi connectivity index (χ3v) is 5.18. The Balaban J connectivity index is 1.65. The molecule has 0 saturated carbocycles. The molecular weight excluding hydrogens is 402 g/mol. The molecule has 0 unspecified atom stereocenters. The van der Waals surface area contributed by atoms with Crippen LogP contribution in [0, 0.1) is 13.8 Å². The first-order chi connectivity index (χ1) is 15.5. The summed E-state index contributed by atoms with van der Waals surface area (Å²) in [6.45, 7) is 6.70. The van der Waals surface area contributed by atoms with Crippen LogP contribution in [-0.4, -0.2) is 24.6 Å². The molecule has 32 heavy (non-hydrogen) atoms. The van der Waals surface area contributed by atoms with Gasteiger partial charge in [-0.15, -0.1) is 0 Å². The van der Waals surface area contributed by atoms with Crippen molar-refractivity contribution in [3.8, 4) is 5.75 Å². The van der Waals surface area contributed by atoms with Gasteiger partial charge in [-0.1, -0.05) is 49.7 Å². The Morgan fingerprint density at radius 2 is 1.81 bits per heavy atom. The highest BCUT2D eigenvalue weighted by Crippen LogP contribution is 2.27. The number of nitrogens with zero attached hydrogens (tertiary/aromatic N) is 1. The largest absolute Gasteiger partial charge is 0.493 e. The Bertz CT molecular complexity index is 1140. The highest BCUT2D eigenvalue weighted by Gasteiger charge is 2.11. The Kier molecular flexibility index (Phi) is 7.97. The molecule has 3 rings (SSSR count). The lowest BCUT2D eigenvalue weighted by Crippen LogP contribution is -2.24. The fourth-order valence-electron chi connectivity index (χ4n) is 3.24. The molecule has 0 atom stereocenters. The molecule has 6 heteroatoms. The van der Waals surface area contributed by atoms with Crippen molar-refractivity contribution in [3.63, 3.8) is 0 Å². The molecule has 0 spiro atoms. The predicted octanol–water partition coefficient (Wildman–Crippen LogP) is 5.11. The minimum Gasteiger partial charge on any atom is -0.493 e. The summed E-state index contributed by atoms with van der Waals surface area (Å²) in [7, 11) is 0. The van der Waals surface area contributed by atoms with Crippen LogP contribution < -0.4 is 15.5 Å². The van der Waals surface area contributed by atoms with E-state index in [1.807, 2.05) is 68.4 Å². The molecule has 2 amide bonds. The average Bonchev–Trinajstić information content (AvgIpc) is 2.77. The lowest BCUT2D eigenvalue weighted by molar-refractivity contribution is -0.126. The van der Waals surface area contributed by atoms with Gasteiger partial charge in [-0.05, 0) is 60.4 Å². The number of anilines is 1. The maximum absolute atomic E-state index is 12.2. The number of aryl methyl sites for hydroxylation is 2. The predicted molar refractivity (Wildman–Crippen MR) is 129 cm³/mol. The number of nitrogens with one attached hydrogen (secondary N) is 2. The Hall–Kier alpha value is -3.67. The third-order valence-electron chi connectivity index (χ3n) is 5.18. The van der Waals surface area contributed by atoms with Crippen LogP contribution in [0.2, 0.25) is 0 Å². The summed E-state index contributed by atoms with van der Waals surface area (Å²) >= 11 is 0. The van der Waals surface area contributed by atoms with E-state index in [1.165, 1.54) is 0 Å². The van der Waals surface area contributed by atoms with Gasteiger partial charge in [-0.25, -0.2) is 5.43 Å². The zero-order valence-corrected chi connectivity index (χ0v) is 18.8. The van der Waals surface area contributed by atoms with Gasteiger partial charge in [0.15, 0.2) is 0 Å². The molecule has 0 bridgehead atoms. The molecule has 0 aromatic heterocycles. The summed E-state index contributed by atoms with van der Waals surface area (Å²) in [5.41, 5.74) is 6.11. The second kappa shape index (κ2) is 11.1. The minimum absolute atomic E-state index is 0.320. The molecule has 2 N–H and O–H groups in total. The monoisotopic (exact) mass is 431 g/mol. The quantitative estimate of drug-likeness (QED) is 0.214. The standard InChI is InChI=1S/C26H29N3O3/c1-4-5-14-32-24-13-11-20-8-6-7-9-22(20)23(24)17-27-29-26(31)16-25(30)28-21-12-10-18(2)19(3)15-21/h6-13,15,17H,4-5,14,16H2,1-3H3,(H,28,30)(H,29,31). The number of benzene rings is 3. The van der Waals surface area contributed by atoms with Gasteiger partial charge in [0.25, 0.3) is 0 Å². The van der Waals surface area contributed by atoms with Crippen LogP contribution >= 0.6 is 0 Å². The van der Waals surface area contributed by atoms with Crippen LogP contribution in [0.4, 0.5) is 5.69 Å². The zero-order chi connectivity index (χ0) is 22.9. The molecule has 6 nitrogen and oxygen atoms in total. The van der Waals surface area contributed by atoms with Gasteiger partial charge in [0.2, 0.25) is 11.8 Å². The van der Waals surface area contributed by atoms with Crippen LogP contribution in [0.5, 0.6) is 5.75 Å². The highest BCUT2D eigenvalue weighted by atomic mass is 16.5. The molecule has 0 fully saturated rings. The highest BCUT2D eigenvalue weighted by molar-refractivity contribution is 6.05. The second-order valence-corrected chi connectivity index (χ2v) is 7.72. The number of hydrogen-bond donors (Lipinski definition) is 2. The van der Waals surface area contributed by atoms with E-state index in [-0.39, 0.29) is 6.42 Å². The van der Waals surface area contributed by atoms with Crippen molar-refractivity contribution in [2.45, 2.75) is 40.0 Å². The van der Waals surface area contributed by atoms with Gasteiger partial charge in [-0.3, -0.25) is 9.59 Å². The number of hydrogen-bond acceptors (Lipinski definition) is 4. The van der Waals surface area contributed by atoms with E-state index in [0.717, 1.165) is 40.3 Å². The van der Waals surface area contributed by atoms with Gasteiger partial charge in [0, 0.05) is 11.3 Å². The van der Waals surface area contributed by atoms with Crippen LogP contribution in [0.15, 0.2) is 59.7 Å². The number of carbonyl (C=O) groups is 2. The van der Waals surface area contributed by atoms with Crippen LogP contribution in [0.25, 0.3) is 10.8 Å². The molecule has 0 aliphatic rings. The van der Waals surface area contributed by atoms with E-state index in [4.69, 9.17) is 4.74 Å². The summed E-state index contributed by atoms with van der Waals surface area (Å²) in [4.78, 5) is 24.4. The van der Waals surface area contributed by atoms with Crippen molar-refractivity contribution in [1.82, 2.24) is 5.43 Å². The van der Waals surface area contributed by atoms with Crippen molar-refractivity contribution < 1.29 is 14.3 Å². The number of carbonyl (C=O) groups excluding carboxylic acids is 2. The Morgan fingerprint density at radius 1 is 1.00 bits per heavy atom. The van der Waals surface area contributed by atoms with Gasteiger partial charge in [-0.2, -0.15) is 5.10 Å². The lowest BCUT2D eigenvalue weighted by Gasteiger charge is -2.11. The maximum Gasteiger partial charge on any atom is 0.249 e. The summed E-state index contributed by atoms with van der Waals surface area (Å²) in [6.07, 6.45) is 3.25. The number of hydrazone groups is 1. The average molecular weight is 432 g/mol. The first-order valence-corrected chi connectivity index (χ1v) is 10.8. The van der Waals surface area contributed by atoms with E-state index >= 15 is 0 Å². The van der Waals surface area contributed by atoms with Crippen LogP contribution in [0.3, 0.4) is 0 Å². The van der Waals surface area contributed by atoms with E-state index in [2.05, 4.69) is 22.8 Å². The molecule has 3 aromatic carbocycles. The van der Waals surface area contributed by atoms with Crippen molar-refractivity contribution in [1.29, 1.82) is 0 Å². The summed E-state index contributed by atoms with van der Waals surface area (Å²) < 4.78 is 5.92. The molecule has 0 radical (unpaired) electrons. The first kappa shape index (κ1) is 23.0. The van der Waals surface area contributed by atoms with Crippen molar-refractivity contribution in [2.24, 2.45) is 5.10 Å². The van der Waals surface area contributed by atoms with Gasteiger partial charge >= 0.3 is 0 Å². The summed E-state index contributed by atoms with van der Waals surface area (Å²) in [6, 6.07) is 17.5. The number of rotatable bonds is 9. The third kappa shape index (κ3) is 6.17. The van der Waals surface area contributed by atoms with Gasteiger partial charge in [0.05, 0.1) is 12.8 Å². The number of unbranched alkanes of at least 4 members (excludes halogenated alkanes) is 1. The molecule has 0 aliphatic heterocycles. The maximum atomic E-state index is 12.2. The van der Waals surface area contributed by atoms with E-state index in [9.17, 15) is 9.59 Å². The first-order valence-electron chi connectivity index (χ1n) is 10.8. The molecule has 3 aromatic rings. The van der Waals surface area contributed by atoms with Crippen LogP contribution in [-0.2, 0) is 9.59 Å². The lowest BCUT2D eigenvalue weighted by atomic mass is 10.0. The van der Waals surface area contributed by atoms with Gasteiger partial charge in [0.1, 0.15) is 12.2 Å². The van der Waals surface area contributed by atoms with Crippen LogP contribution in [0.1, 0.15) is 42.9 Å².